The average molecular weight is 233 g/mol. The highest BCUT2D eigenvalue weighted by molar-refractivity contribution is 5.28. The van der Waals surface area contributed by atoms with Crippen molar-refractivity contribution in [2.45, 2.75) is 58.9 Å². The van der Waals surface area contributed by atoms with Crippen LogP contribution in [0.3, 0.4) is 0 Å². The number of hydrogen-bond acceptors (Lipinski definition) is 1. The highest BCUT2D eigenvalue weighted by atomic mass is 14.9. The molecular weight excluding hydrogens is 206 g/mol. The Labute approximate surface area is 107 Å². The molecule has 0 aliphatic rings. The van der Waals surface area contributed by atoms with Gasteiger partial charge in [0.05, 0.1) is 0 Å². The molecule has 0 saturated carbocycles. The third kappa shape index (κ3) is 4.51. The van der Waals surface area contributed by atoms with Gasteiger partial charge in [0.25, 0.3) is 0 Å². The topological polar surface area (TPSA) is 12.0 Å². The Morgan fingerprint density at radius 3 is 2.18 bits per heavy atom. The summed E-state index contributed by atoms with van der Waals surface area (Å²) in [5, 5.41) is 3.56. The second-order valence-corrected chi connectivity index (χ2v) is 5.90. The van der Waals surface area contributed by atoms with Crippen molar-refractivity contribution in [3.05, 3.63) is 35.4 Å². The lowest BCUT2D eigenvalue weighted by molar-refractivity contribution is 0.552. The quantitative estimate of drug-likeness (QED) is 0.742. The van der Waals surface area contributed by atoms with E-state index in [1.807, 2.05) is 0 Å². The Bertz CT molecular complexity index is 318. The predicted molar refractivity (Wildman–Crippen MR) is 76.5 cm³/mol. The summed E-state index contributed by atoms with van der Waals surface area (Å²) in [6.45, 7) is 12.3. The maximum Gasteiger partial charge on any atom is 0.0291 e. The largest absolute Gasteiger partial charge is 0.310 e. The van der Waals surface area contributed by atoms with Crippen molar-refractivity contribution in [1.82, 2.24) is 5.32 Å². The van der Waals surface area contributed by atoms with Gasteiger partial charge in [-0.25, -0.2) is 0 Å². The van der Waals surface area contributed by atoms with Gasteiger partial charge in [-0.2, -0.15) is 0 Å². The summed E-state index contributed by atoms with van der Waals surface area (Å²) in [6, 6.07) is 9.48. The lowest BCUT2D eigenvalue weighted by atomic mass is 9.86. The smallest absolute Gasteiger partial charge is 0.0291 e. The fourth-order valence-corrected chi connectivity index (χ4v) is 1.88. The molecule has 0 fully saturated rings. The van der Waals surface area contributed by atoms with Gasteiger partial charge in [-0.05, 0) is 36.4 Å². The van der Waals surface area contributed by atoms with Gasteiger partial charge in [0.15, 0.2) is 0 Å². The van der Waals surface area contributed by atoms with Gasteiger partial charge in [-0.1, -0.05) is 58.4 Å². The van der Waals surface area contributed by atoms with E-state index < -0.39 is 0 Å². The molecule has 1 unspecified atom stereocenters. The minimum atomic E-state index is 0.247. The molecule has 1 aromatic rings. The summed E-state index contributed by atoms with van der Waals surface area (Å²) >= 11 is 0. The van der Waals surface area contributed by atoms with E-state index in [0.29, 0.717) is 6.04 Å². The zero-order valence-corrected chi connectivity index (χ0v) is 12.0. The van der Waals surface area contributed by atoms with Crippen molar-refractivity contribution in [3.63, 3.8) is 0 Å². The van der Waals surface area contributed by atoms with Crippen LogP contribution < -0.4 is 5.32 Å². The maximum absolute atomic E-state index is 3.56. The van der Waals surface area contributed by atoms with Crippen LogP contribution in [0.2, 0.25) is 0 Å². The molecule has 0 amide bonds. The third-order valence-electron chi connectivity index (χ3n) is 3.26. The van der Waals surface area contributed by atoms with Gasteiger partial charge < -0.3 is 5.32 Å². The average Bonchev–Trinajstić information content (AvgIpc) is 2.28. The van der Waals surface area contributed by atoms with E-state index in [-0.39, 0.29) is 5.41 Å². The molecule has 0 heterocycles. The molecule has 0 spiro atoms. The first kappa shape index (κ1) is 14.2. The minimum Gasteiger partial charge on any atom is -0.310 e. The Morgan fingerprint density at radius 1 is 1.12 bits per heavy atom. The van der Waals surface area contributed by atoms with Crippen LogP contribution in [0.15, 0.2) is 24.3 Å². The minimum absolute atomic E-state index is 0.247. The number of rotatable bonds is 5. The molecule has 1 rings (SSSR count). The normalized spacial score (nSPS) is 13.7. The molecule has 0 aromatic heterocycles. The standard InChI is InChI=1S/C16H27N/c1-6-7-12-17-13(2)14-8-10-15(11-9-14)16(3,4)5/h8-11,13,17H,6-7,12H2,1-5H3. The predicted octanol–water partition coefficient (Wildman–Crippen LogP) is 4.43. The van der Waals surface area contributed by atoms with Gasteiger partial charge in [0.1, 0.15) is 0 Å². The molecule has 1 N–H and O–H groups in total. The van der Waals surface area contributed by atoms with Crippen LogP contribution in [0.1, 0.15) is 64.6 Å². The van der Waals surface area contributed by atoms with E-state index in [1.54, 1.807) is 0 Å². The second kappa shape index (κ2) is 6.20. The Morgan fingerprint density at radius 2 is 1.71 bits per heavy atom. The van der Waals surface area contributed by atoms with Crippen LogP contribution in [0, 0.1) is 0 Å². The zero-order chi connectivity index (χ0) is 12.9. The molecule has 1 atom stereocenters. The van der Waals surface area contributed by atoms with Crippen molar-refractivity contribution in [1.29, 1.82) is 0 Å². The van der Waals surface area contributed by atoms with Gasteiger partial charge in [0.2, 0.25) is 0 Å². The van der Waals surface area contributed by atoms with Gasteiger partial charge >= 0.3 is 0 Å². The summed E-state index contributed by atoms with van der Waals surface area (Å²) in [5.74, 6) is 0. The first-order chi connectivity index (χ1) is 7.95. The molecule has 1 heteroatoms. The van der Waals surface area contributed by atoms with E-state index in [1.165, 1.54) is 24.0 Å². The highest BCUT2D eigenvalue weighted by Crippen LogP contribution is 2.23. The Balaban J connectivity index is 2.61. The van der Waals surface area contributed by atoms with Crippen molar-refractivity contribution in [3.8, 4) is 0 Å². The van der Waals surface area contributed by atoms with Crippen LogP contribution in [0.25, 0.3) is 0 Å². The molecule has 17 heavy (non-hydrogen) atoms. The van der Waals surface area contributed by atoms with Crippen molar-refractivity contribution in [2.75, 3.05) is 6.54 Å². The van der Waals surface area contributed by atoms with Crippen LogP contribution >= 0.6 is 0 Å². The van der Waals surface area contributed by atoms with Crippen molar-refractivity contribution >= 4 is 0 Å². The van der Waals surface area contributed by atoms with Gasteiger partial charge in [-0.15, -0.1) is 0 Å². The maximum atomic E-state index is 3.56. The molecule has 0 bridgehead atoms. The third-order valence-corrected chi connectivity index (χ3v) is 3.26. The fraction of sp³-hybridized carbons (Fsp3) is 0.625. The summed E-state index contributed by atoms with van der Waals surface area (Å²) in [6.07, 6.45) is 2.51. The molecule has 1 nitrogen and oxygen atoms in total. The van der Waals surface area contributed by atoms with Crippen LogP contribution in [-0.2, 0) is 5.41 Å². The first-order valence-electron chi connectivity index (χ1n) is 6.79. The Hall–Kier alpha value is -0.820. The second-order valence-electron chi connectivity index (χ2n) is 5.90. The monoisotopic (exact) mass is 233 g/mol. The molecule has 0 saturated heterocycles. The lowest BCUT2D eigenvalue weighted by Gasteiger charge is -2.20. The Kier molecular flexibility index (Phi) is 5.20. The van der Waals surface area contributed by atoms with Crippen molar-refractivity contribution < 1.29 is 0 Å². The summed E-state index contributed by atoms with van der Waals surface area (Å²) in [7, 11) is 0. The van der Waals surface area contributed by atoms with E-state index in [4.69, 9.17) is 0 Å². The SMILES string of the molecule is CCCCNC(C)c1ccc(C(C)(C)C)cc1. The van der Waals surface area contributed by atoms with Gasteiger partial charge in [0, 0.05) is 6.04 Å². The zero-order valence-electron chi connectivity index (χ0n) is 12.0. The van der Waals surface area contributed by atoms with Crippen LogP contribution in [0.4, 0.5) is 0 Å². The summed E-state index contributed by atoms with van der Waals surface area (Å²) in [4.78, 5) is 0. The van der Waals surface area contributed by atoms with E-state index in [0.717, 1.165) is 6.54 Å². The number of hydrogen-bond donors (Lipinski definition) is 1. The molecule has 1 aromatic carbocycles. The number of unbranched alkanes of at least 4 members (excludes halogenated alkanes) is 1. The van der Waals surface area contributed by atoms with E-state index in [2.05, 4.69) is 64.2 Å². The summed E-state index contributed by atoms with van der Waals surface area (Å²) < 4.78 is 0. The van der Waals surface area contributed by atoms with Crippen molar-refractivity contribution in [2.24, 2.45) is 0 Å². The first-order valence-corrected chi connectivity index (χ1v) is 6.79. The molecular formula is C16H27N. The number of benzene rings is 1. The fourth-order valence-electron chi connectivity index (χ4n) is 1.88. The molecule has 0 aliphatic heterocycles. The highest BCUT2D eigenvalue weighted by Gasteiger charge is 2.13. The number of nitrogens with one attached hydrogen (secondary N) is 1. The summed E-state index contributed by atoms with van der Waals surface area (Å²) in [5.41, 5.74) is 3.04. The molecule has 96 valence electrons. The van der Waals surface area contributed by atoms with Gasteiger partial charge in [-0.3, -0.25) is 0 Å². The lowest BCUT2D eigenvalue weighted by Crippen LogP contribution is -2.20. The van der Waals surface area contributed by atoms with E-state index >= 15 is 0 Å². The van der Waals surface area contributed by atoms with E-state index in [9.17, 15) is 0 Å². The molecule has 0 radical (unpaired) electrons. The molecule has 0 aliphatic carbocycles. The van der Waals surface area contributed by atoms with Crippen LogP contribution in [0.5, 0.6) is 0 Å². The van der Waals surface area contributed by atoms with Crippen LogP contribution in [-0.4, -0.2) is 6.54 Å².